The van der Waals surface area contributed by atoms with Gasteiger partial charge in [0, 0.05) is 0 Å². The highest BCUT2D eigenvalue weighted by molar-refractivity contribution is 5.85. The highest BCUT2D eigenvalue weighted by Crippen LogP contribution is 2.36. The van der Waals surface area contributed by atoms with Crippen LogP contribution in [0.4, 0.5) is 0 Å². The second-order valence-electron chi connectivity index (χ2n) is 4.92. The van der Waals surface area contributed by atoms with Crippen molar-refractivity contribution in [2.75, 3.05) is 0 Å². The molecule has 0 radical (unpaired) electrons. The maximum atomic E-state index is 12.0. The molecule has 5 nitrogen and oxygen atoms in total. The molecular formula is C13H17NO4. The predicted octanol–water partition coefficient (Wildman–Crippen LogP) is 1.64. The number of carbonyl (C=O) groups is 2. The molecule has 0 aliphatic heterocycles. The topological polar surface area (TPSA) is 79.5 Å². The maximum absolute atomic E-state index is 12.0. The van der Waals surface area contributed by atoms with Crippen LogP contribution in [0, 0.1) is 17.8 Å². The Balaban J connectivity index is 1.93. The standard InChI is InChI=1S/C13H17NO4/c1-8-5-10(11(6-8)13(16)17)12(15)14-7-9-3-2-4-18-9/h2-4,8,10-11H,5-7H2,1H3,(H,14,15)(H,16,17). The molecule has 3 atom stereocenters. The van der Waals surface area contributed by atoms with Crippen LogP contribution in [0.5, 0.6) is 0 Å². The molecule has 1 saturated carbocycles. The lowest BCUT2D eigenvalue weighted by Crippen LogP contribution is -2.34. The Labute approximate surface area is 105 Å². The van der Waals surface area contributed by atoms with Crippen LogP contribution < -0.4 is 5.32 Å². The van der Waals surface area contributed by atoms with Crippen molar-refractivity contribution in [2.24, 2.45) is 17.8 Å². The molecule has 0 bridgehead atoms. The number of furan rings is 1. The van der Waals surface area contributed by atoms with Gasteiger partial charge in [0.1, 0.15) is 5.76 Å². The molecule has 1 aliphatic carbocycles. The molecule has 0 spiro atoms. The summed E-state index contributed by atoms with van der Waals surface area (Å²) in [6, 6.07) is 3.52. The minimum absolute atomic E-state index is 0.192. The molecule has 1 aromatic heterocycles. The van der Waals surface area contributed by atoms with E-state index in [-0.39, 0.29) is 11.8 Å². The first-order valence-electron chi connectivity index (χ1n) is 6.11. The SMILES string of the molecule is CC1CC(C(=O)O)C(C(=O)NCc2ccco2)C1. The summed E-state index contributed by atoms with van der Waals surface area (Å²) >= 11 is 0. The number of aliphatic carboxylic acids is 1. The van der Waals surface area contributed by atoms with E-state index in [0.717, 1.165) is 0 Å². The number of nitrogens with one attached hydrogen (secondary N) is 1. The highest BCUT2D eigenvalue weighted by atomic mass is 16.4. The average Bonchev–Trinajstić information content (AvgIpc) is 2.94. The Kier molecular flexibility index (Phi) is 3.69. The Bertz CT molecular complexity index is 426. The lowest BCUT2D eigenvalue weighted by molar-refractivity contribution is -0.146. The fourth-order valence-corrected chi connectivity index (χ4v) is 2.57. The second kappa shape index (κ2) is 5.25. The number of rotatable bonds is 4. The van der Waals surface area contributed by atoms with E-state index < -0.39 is 17.8 Å². The smallest absolute Gasteiger partial charge is 0.307 e. The van der Waals surface area contributed by atoms with Crippen molar-refractivity contribution >= 4 is 11.9 Å². The Morgan fingerprint density at radius 3 is 2.78 bits per heavy atom. The summed E-state index contributed by atoms with van der Waals surface area (Å²) < 4.78 is 5.11. The monoisotopic (exact) mass is 251 g/mol. The lowest BCUT2D eigenvalue weighted by atomic mass is 9.95. The summed E-state index contributed by atoms with van der Waals surface area (Å²) in [6.45, 7) is 2.29. The van der Waals surface area contributed by atoms with Gasteiger partial charge in [-0.15, -0.1) is 0 Å². The van der Waals surface area contributed by atoms with E-state index in [1.54, 1.807) is 18.4 Å². The summed E-state index contributed by atoms with van der Waals surface area (Å²) in [4.78, 5) is 23.1. The minimum Gasteiger partial charge on any atom is -0.481 e. The first-order valence-corrected chi connectivity index (χ1v) is 6.11. The largest absolute Gasteiger partial charge is 0.481 e. The third-order valence-electron chi connectivity index (χ3n) is 3.47. The molecular weight excluding hydrogens is 234 g/mol. The third kappa shape index (κ3) is 2.72. The molecule has 3 unspecified atom stereocenters. The van der Waals surface area contributed by atoms with E-state index in [4.69, 9.17) is 9.52 Å². The molecule has 18 heavy (non-hydrogen) atoms. The fourth-order valence-electron chi connectivity index (χ4n) is 2.57. The van der Waals surface area contributed by atoms with Gasteiger partial charge in [-0.2, -0.15) is 0 Å². The number of hydrogen-bond acceptors (Lipinski definition) is 3. The summed E-state index contributed by atoms with van der Waals surface area (Å²) in [7, 11) is 0. The van der Waals surface area contributed by atoms with Crippen LogP contribution in [0.15, 0.2) is 22.8 Å². The van der Waals surface area contributed by atoms with Crippen LogP contribution in [-0.2, 0) is 16.1 Å². The predicted molar refractivity (Wildman–Crippen MR) is 63.6 cm³/mol. The highest BCUT2D eigenvalue weighted by Gasteiger charge is 2.41. The molecule has 1 fully saturated rings. The van der Waals surface area contributed by atoms with Crippen LogP contribution >= 0.6 is 0 Å². The zero-order valence-electron chi connectivity index (χ0n) is 10.3. The van der Waals surface area contributed by atoms with E-state index in [0.29, 0.717) is 25.1 Å². The molecule has 0 aromatic carbocycles. The van der Waals surface area contributed by atoms with Gasteiger partial charge in [-0.1, -0.05) is 6.92 Å². The van der Waals surface area contributed by atoms with Gasteiger partial charge in [0.15, 0.2) is 0 Å². The molecule has 1 aliphatic rings. The van der Waals surface area contributed by atoms with Crippen molar-refractivity contribution in [2.45, 2.75) is 26.3 Å². The third-order valence-corrected chi connectivity index (χ3v) is 3.47. The molecule has 1 heterocycles. The van der Waals surface area contributed by atoms with Crippen LogP contribution in [0.3, 0.4) is 0 Å². The molecule has 0 saturated heterocycles. The summed E-state index contributed by atoms with van der Waals surface area (Å²) in [5, 5.41) is 11.8. The van der Waals surface area contributed by atoms with Gasteiger partial charge in [0.2, 0.25) is 5.91 Å². The zero-order valence-corrected chi connectivity index (χ0v) is 10.3. The number of carboxylic acids is 1. The normalized spacial score (nSPS) is 27.1. The Hall–Kier alpha value is -1.78. The summed E-state index contributed by atoms with van der Waals surface area (Å²) in [6.07, 6.45) is 2.76. The van der Waals surface area contributed by atoms with Crippen molar-refractivity contribution in [3.8, 4) is 0 Å². The van der Waals surface area contributed by atoms with Crippen molar-refractivity contribution in [1.82, 2.24) is 5.32 Å². The van der Waals surface area contributed by atoms with Gasteiger partial charge in [0.05, 0.1) is 24.6 Å². The van der Waals surface area contributed by atoms with Gasteiger partial charge in [0.25, 0.3) is 0 Å². The van der Waals surface area contributed by atoms with Crippen LogP contribution in [0.25, 0.3) is 0 Å². The van der Waals surface area contributed by atoms with Gasteiger partial charge >= 0.3 is 5.97 Å². The van der Waals surface area contributed by atoms with Gasteiger partial charge in [-0.25, -0.2) is 0 Å². The van der Waals surface area contributed by atoms with Gasteiger partial charge in [-0.3, -0.25) is 9.59 Å². The fraction of sp³-hybridized carbons (Fsp3) is 0.538. The van der Waals surface area contributed by atoms with Crippen LogP contribution in [-0.4, -0.2) is 17.0 Å². The van der Waals surface area contributed by atoms with Crippen molar-refractivity contribution in [1.29, 1.82) is 0 Å². The first kappa shape index (κ1) is 12.7. The van der Waals surface area contributed by atoms with E-state index in [1.807, 2.05) is 6.92 Å². The van der Waals surface area contributed by atoms with Crippen molar-refractivity contribution < 1.29 is 19.1 Å². The molecule has 2 rings (SSSR count). The van der Waals surface area contributed by atoms with Crippen LogP contribution in [0.1, 0.15) is 25.5 Å². The van der Waals surface area contributed by atoms with Crippen molar-refractivity contribution in [3.05, 3.63) is 24.2 Å². The molecule has 1 amide bonds. The van der Waals surface area contributed by atoms with Gasteiger partial charge < -0.3 is 14.8 Å². The minimum atomic E-state index is -0.877. The number of hydrogen-bond donors (Lipinski definition) is 2. The maximum Gasteiger partial charge on any atom is 0.307 e. The number of carbonyl (C=O) groups excluding carboxylic acids is 1. The molecule has 5 heteroatoms. The van der Waals surface area contributed by atoms with Gasteiger partial charge in [-0.05, 0) is 30.9 Å². The Morgan fingerprint density at radius 2 is 2.17 bits per heavy atom. The summed E-state index contributed by atoms with van der Waals surface area (Å²) in [5.74, 6) is -1.10. The number of amides is 1. The molecule has 1 aromatic rings. The molecule has 98 valence electrons. The summed E-state index contributed by atoms with van der Waals surface area (Å²) in [5.41, 5.74) is 0. The lowest BCUT2D eigenvalue weighted by Gasteiger charge is -2.14. The molecule has 2 N–H and O–H groups in total. The Morgan fingerprint density at radius 1 is 1.44 bits per heavy atom. The first-order chi connectivity index (χ1) is 8.58. The van der Waals surface area contributed by atoms with E-state index in [1.165, 1.54) is 0 Å². The average molecular weight is 251 g/mol. The van der Waals surface area contributed by atoms with E-state index >= 15 is 0 Å². The second-order valence-corrected chi connectivity index (χ2v) is 4.92. The quantitative estimate of drug-likeness (QED) is 0.852. The zero-order chi connectivity index (χ0) is 13.1. The number of carboxylic acid groups (broad SMARTS) is 1. The van der Waals surface area contributed by atoms with E-state index in [2.05, 4.69) is 5.32 Å². The van der Waals surface area contributed by atoms with E-state index in [9.17, 15) is 9.59 Å². The van der Waals surface area contributed by atoms with Crippen LogP contribution in [0.2, 0.25) is 0 Å². The van der Waals surface area contributed by atoms with Crippen molar-refractivity contribution in [3.63, 3.8) is 0 Å².